The van der Waals surface area contributed by atoms with E-state index in [1.54, 1.807) is 18.4 Å². The van der Waals surface area contributed by atoms with Crippen molar-refractivity contribution in [2.45, 2.75) is 12.5 Å². The fourth-order valence-electron chi connectivity index (χ4n) is 3.25. The van der Waals surface area contributed by atoms with E-state index in [-0.39, 0.29) is 17.7 Å². The van der Waals surface area contributed by atoms with Gasteiger partial charge in [-0.3, -0.25) is 4.79 Å². The number of nitrogens with zero attached hydrogens (tertiary/aromatic N) is 1. The number of halogens is 1. The molecule has 4 rings (SSSR count). The summed E-state index contributed by atoms with van der Waals surface area (Å²) in [7, 11) is 0. The summed E-state index contributed by atoms with van der Waals surface area (Å²) in [5.41, 5.74) is 2.51. The van der Waals surface area contributed by atoms with Crippen molar-refractivity contribution in [1.82, 2.24) is 5.32 Å². The molecule has 1 aliphatic rings. The summed E-state index contributed by atoms with van der Waals surface area (Å²) in [5.74, 6) is 0.874. The molecule has 0 unspecified atom stereocenters. The summed E-state index contributed by atoms with van der Waals surface area (Å²) in [6.45, 7) is 1.33. The number of furan rings is 2. The highest BCUT2D eigenvalue weighted by molar-refractivity contribution is 9.10. The zero-order valence-electron chi connectivity index (χ0n) is 13.4. The lowest BCUT2D eigenvalue weighted by Gasteiger charge is -2.29. The number of hydrogen-bond donors (Lipinski definition) is 1. The Kier molecular flexibility index (Phi) is 4.36. The molecule has 0 saturated carbocycles. The zero-order chi connectivity index (χ0) is 17.2. The van der Waals surface area contributed by atoms with E-state index >= 15 is 0 Å². The fraction of sp³-hybridized carbons (Fsp3) is 0.211. The monoisotopic (exact) mass is 400 g/mol. The quantitative estimate of drug-likeness (QED) is 0.697. The molecule has 1 atom stereocenters. The molecule has 1 aliphatic heterocycles. The van der Waals surface area contributed by atoms with Crippen LogP contribution >= 0.6 is 15.9 Å². The van der Waals surface area contributed by atoms with Gasteiger partial charge < -0.3 is 19.1 Å². The Morgan fingerprint density at radius 2 is 2.08 bits per heavy atom. The van der Waals surface area contributed by atoms with E-state index in [0.29, 0.717) is 11.2 Å². The highest BCUT2D eigenvalue weighted by atomic mass is 79.9. The third kappa shape index (κ3) is 3.22. The molecule has 0 bridgehead atoms. The number of anilines is 1. The predicted octanol–water partition coefficient (Wildman–Crippen LogP) is 4.17. The molecule has 1 aromatic carbocycles. The molecule has 0 saturated heterocycles. The van der Waals surface area contributed by atoms with Crippen LogP contribution in [0, 0.1) is 0 Å². The highest BCUT2D eigenvalue weighted by Gasteiger charge is 2.29. The molecule has 128 valence electrons. The van der Waals surface area contributed by atoms with Crippen LogP contribution < -0.4 is 10.2 Å². The number of carbonyl (C=O) groups is 1. The number of benzene rings is 1. The van der Waals surface area contributed by atoms with Crippen molar-refractivity contribution in [3.05, 3.63) is 76.5 Å². The van der Waals surface area contributed by atoms with Gasteiger partial charge in [-0.15, -0.1) is 0 Å². The van der Waals surface area contributed by atoms with Gasteiger partial charge in [0.15, 0.2) is 10.4 Å². The van der Waals surface area contributed by atoms with Crippen molar-refractivity contribution in [3.63, 3.8) is 0 Å². The summed E-state index contributed by atoms with van der Waals surface area (Å²) in [5, 5.41) is 2.95. The minimum absolute atomic E-state index is 0.0685. The summed E-state index contributed by atoms with van der Waals surface area (Å²) in [4.78, 5) is 14.6. The van der Waals surface area contributed by atoms with E-state index in [1.807, 2.05) is 18.2 Å². The summed E-state index contributed by atoms with van der Waals surface area (Å²) in [6, 6.07) is 15.5. The van der Waals surface area contributed by atoms with Crippen LogP contribution in [0.1, 0.15) is 27.9 Å². The van der Waals surface area contributed by atoms with Crippen LogP contribution in [-0.2, 0) is 6.42 Å². The van der Waals surface area contributed by atoms with Gasteiger partial charge in [0.1, 0.15) is 11.8 Å². The van der Waals surface area contributed by atoms with Crippen molar-refractivity contribution in [3.8, 4) is 0 Å². The van der Waals surface area contributed by atoms with Gasteiger partial charge in [-0.2, -0.15) is 0 Å². The van der Waals surface area contributed by atoms with Gasteiger partial charge in [-0.05, 0) is 58.2 Å². The van der Waals surface area contributed by atoms with Gasteiger partial charge in [0.25, 0.3) is 5.91 Å². The third-order valence-corrected chi connectivity index (χ3v) is 4.85. The van der Waals surface area contributed by atoms with Crippen LogP contribution in [0.2, 0.25) is 0 Å². The smallest absolute Gasteiger partial charge is 0.287 e. The topological polar surface area (TPSA) is 58.6 Å². The second kappa shape index (κ2) is 6.80. The predicted molar refractivity (Wildman–Crippen MR) is 97.7 cm³/mol. The molecule has 1 amide bonds. The molecule has 0 spiro atoms. The maximum absolute atomic E-state index is 12.3. The van der Waals surface area contributed by atoms with E-state index in [2.05, 4.69) is 44.3 Å². The lowest BCUT2D eigenvalue weighted by molar-refractivity contribution is 0.0921. The van der Waals surface area contributed by atoms with Gasteiger partial charge in [0.2, 0.25) is 0 Å². The standard InChI is InChI=1S/C19H17BrN2O3/c20-18-8-7-17(25-18)19(23)21-12-15(16-6-3-11-24-16)22-10-9-13-4-1-2-5-14(13)22/h1-8,11,15H,9-10,12H2,(H,21,23)/t15-/m1/s1. The number of rotatable bonds is 5. The van der Waals surface area contributed by atoms with E-state index in [4.69, 9.17) is 8.83 Å². The molecule has 0 aliphatic carbocycles. The van der Waals surface area contributed by atoms with Crippen LogP contribution in [0.25, 0.3) is 0 Å². The Balaban J connectivity index is 1.55. The molecule has 5 nitrogen and oxygen atoms in total. The number of para-hydroxylation sites is 1. The van der Waals surface area contributed by atoms with E-state index in [1.165, 1.54) is 11.3 Å². The molecule has 0 fully saturated rings. The first-order valence-electron chi connectivity index (χ1n) is 8.14. The Bertz CT molecular complexity index is 872. The van der Waals surface area contributed by atoms with Gasteiger partial charge in [-0.1, -0.05) is 18.2 Å². The van der Waals surface area contributed by atoms with Gasteiger partial charge >= 0.3 is 0 Å². The first-order valence-corrected chi connectivity index (χ1v) is 8.93. The maximum atomic E-state index is 12.3. The van der Waals surface area contributed by atoms with Crippen LogP contribution in [0.15, 0.2) is 68.3 Å². The van der Waals surface area contributed by atoms with Crippen LogP contribution in [0.5, 0.6) is 0 Å². The van der Waals surface area contributed by atoms with E-state index in [9.17, 15) is 4.79 Å². The largest absolute Gasteiger partial charge is 0.467 e. The number of fused-ring (bicyclic) bond motifs is 1. The van der Waals surface area contributed by atoms with Gasteiger partial charge in [0, 0.05) is 18.8 Å². The Hall–Kier alpha value is -2.47. The molecule has 3 heterocycles. The van der Waals surface area contributed by atoms with Crippen molar-refractivity contribution < 1.29 is 13.6 Å². The first kappa shape index (κ1) is 16.0. The fourth-order valence-corrected chi connectivity index (χ4v) is 3.55. The van der Waals surface area contributed by atoms with Crippen molar-refractivity contribution in [1.29, 1.82) is 0 Å². The summed E-state index contributed by atoms with van der Waals surface area (Å²) < 4.78 is 11.5. The number of nitrogens with one attached hydrogen (secondary N) is 1. The number of amides is 1. The second-order valence-corrected chi connectivity index (χ2v) is 6.70. The van der Waals surface area contributed by atoms with Crippen molar-refractivity contribution >= 4 is 27.5 Å². The Labute approximate surface area is 153 Å². The molecule has 1 N–H and O–H groups in total. The second-order valence-electron chi connectivity index (χ2n) is 5.92. The molecule has 6 heteroatoms. The van der Waals surface area contributed by atoms with Crippen LogP contribution in [0.3, 0.4) is 0 Å². The van der Waals surface area contributed by atoms with Crippen LogP contribution in [-0.4, -0.2) is 19.0 Å². The zero-order valence-corrected chi connectivity index (χ0v) is 15.0. The number of carbonyl (C=O) groups excluding carboxylic acids is 1. The van der Waals surface area contributed by atoms with E-state index in [0.717, 1.165) is 18.7 Å². The molecule has 3 aromatic rings. The SMILES string of the molecule is O=C(NC[C@H](c1ccco1)N1CCc2ccccc21)c1ccc(Br)o1. The van der Waals surface area contributed by atoms with Crippen LogP contribution in [0.4, 0.5) is 5.69 Å². The third-order valence-electron chi connectivity index (χ3n) is 4.42. The lowest BCUT2D eigenvalue weighted by Crippen LogP contribution is -2.37. The van der Waals surface area contributed by atoms with Crippen molar-refractivity contribution in [2.24, 2.45) is 0 Å². The molecule has 2 aromatic heterocycles. The average molecular weight is 401 g/mol. The molecule has 25 heavy (non-hydrogen) atoms. The van der Waals surface area contributed by atoms with Crippen molar-refractivity contribution in [2.75, 3.05) is 18.0 Å². The Morgan fingerprint density at radius 1 is 1.20 bits per heavy atom. The van der Waals surface area contributed by atoms with Gasteiger partial charge in [0.05, 0.1) is 6.26 Å². The molecule has 0 radical (unpaired) electrons. The molecular weight excluding hydrogens is 384 g/mol. The summed E-state index contributed by atoms with van der Waals surface area (Å²) in [6.07, 6.45) is 2.65. The minimum atomic E-state index is -0.241. The normalized spacial score (nSPS) is 14.4. The Morgan fingerprint density at radius 3 is 2.84 bits per heavy atom. The highest BCUT2D eigenvalue weighted by Crippen LogP contribution is 2.35. The minimum Gasteiger partial charge on any atom is -0.467 e. The first-order chi connectivity index (χ1) is 12.2. The maximum Gasteiger partial charge on any atom is 0.287 e. The van der Waals surface area contributed by atoms with Gasteiger partial charge in [-0.25, -0.2) is 0 Å². The molecular formula is C19H17BrN2O3. The number of hydrogen-bond acceptors (Lipinski definition) is 4. The van der Waals surface area contributed by atoms with E-state index < -0.39 is 0 Å². The summed E-state index contributed by atoms with van der Waals surface area (Å²) >= 11 is 3.21. The lowest BCUT2D eigenvalue weighted by atomic mass is 10.1. The average Bonchev–Trinajstić information content (AvgIpc) is 3.36.